The number of nitrogens with two attached hydrogens (primary N) is 1. The fraction of sp³-hybridized carbons (Fsp3) is 0.462. The van der Waals surface area contributed by atoms with Crippen molar-refractivity contribution in [3.05, 3.63) is 29.5 Å². The van der Waals surface area contributed by atoms with Crippen LogP contribution < -0.4 is 5.73 Å². The van der Waals surface area contributed by atoms with E-state index in [0.717, 1.165) is 11.9 Å². The van der Waals surface area contributed by atoms with Gasteiger partial charge in [0.25, 0.3) is 0 Å². The van der Waals surface area contributed by atoms with Crippen LogP contribution in [0.5, 0.6) is 0 Å². The van der Waals surface area contributed by atoms with Gasteiger partial charge >= 0.3 is 0 Å². The van der Waals surface area contributed by atoms with E-state index in [2.05, 4.69) is 28.4 Å². The monoisotopic (exact) mass is 215 g/mol. The van der Waals surface area contributed by atoms with E-state index < -0.39 is 0 Å². The second kappa shape index (κ2) is 3.91. The maximum atomic E-state index is 5.62. The van der Waals surface area contributed by atoms with Gasteiger partial charge in [0.15, 0.2) is 0 Å². The summed E-state index contributed by atoms with van der Waals surface area (Å²) in [5.41, 5.74) is 9.34. The first-order valence-electron chi connectivity index (χ1n) is 6.06. The number of rotatable bonds is 3. The highest BCUT2D eigenvalue weighted by molar-refractivity contribution is 5.84. The lowest BCUT2D eigenvalue weighted by molar-refractivity contribution is 0.413. The summed E-state index contributed by atoms with van der Waals surface area (Å²) in [7, 11) is 0. The summed E-state index contributed by atoms with van der Waals surface area (Å²) in [6.07, 6.45) is 4.87. The summed E-state index contributed by atoms with van der Waals surface area (Å²) >= 11 is 0. The van der Waals surface area contributed by atoms with E-state index >= 15 is 0 Å². The first kappa shape index (κ1) is 9.85. The molecule has 0 amide bonds. The second-order valence-corrected chi connectivity index (χ2v) is 4.62. The Morgan fingerprint density at radius 2 is 2.25 bits per heavy atom. The van der Waals surface area contributed by atoms with E-state index in [-0.39, 0.29) is 0 Å². The van der Waals surface area contributed by atoms with Crippen molar-refractivity contribution in [1.82, 2.24) is 10.2 Å². The van der Waals surface area contributed by atoms with Crippen LogP contribution in [0.25, 0.3) is 10.9 Å². The molecule has 0 atom stereocenters. The molecule has 1 aliphatic carbocycles. The number of fused-ring (bicyclic) bond motifs is 1. The average Bonchev–Trinajstić information content (AvgIpc) is 2.62. The highest BCUT2D eigenvalue weighted by Gasteiger charge is 2.23. The maximum Gasteiger partial charge on any atom is 0.0956 e. The number of benzene rings is 1. The molecule has 0 spiro atoms. The molecule has 1 aromatic carbocycles. The Morgan fingerprint density at radius 1 is 1.38 bits per heavy atom. The molecule has 1 heterocycles. The van der Waals surface area contributed by atoms with E-state index in [0.29, 0.717) is 12.5 Å². The SMILES string of the molecule is NCCc1cccc2c(C3CCC3)[nH]nc12. The van der Waals surface area contributed by atoms with Crippen molar-refractivity contribution in [3.63, 3.8) is 0 Å². The summed E-state index contributed by atoms with van der Waals surface area (Å²) < 4.78 is 0. The first-order chi connectivity index (χ1) is 7.90. The van der Waals surface area contributed by atoms with Crippen LogP contribution in [0.3, 0.4) is 0 Å². The molecule has 84 valence electrons. The molecular weight excluding hydrogens is 198 g/mol. The summed E-state index contributed by atoms with van der Waals surface area (Å²) in [4.78, 5) is 0. The Bertz CT molecular complexity index is 497. The smallest absolute Gasteiger partial charge is 0.0956 e. The molecule has 3 nitrogen and oxygen atoms in total. The fourth-order valence-corrected chi connectivity index (χ4v) is 2.48. The first-order valence-corrected chi connectivity index (χ1v) is 6.06. The number of nitrogens with one attached hydrogen (secondary N) is 1. The Balaban J connectivity index is 2.08. The highest BCUT2D eigenvalue weighted by atomic mass is 15.1. The van der Waals surface area contributed by atoms with E-state index in [4.69, 9.17) is 5.73 Å². The average molecular weight is 215 g/mol. The summed E-state index contributed by atoms with van der Waals surface area (Å²) in [5.74, 6) is 0.707. The Hall–Kier alpha value is -1.35. The summed E-state index contributed by atoms with van der Waals surface area (Å²) in [6.45, 7) is 0.685. The van der Waals surface area contributed by atoms with Gasteiger partial charge in [-0.3, -0.25) is 5.10 Å². The molecule has 1 aliphatic rings. The normalized spacial score (nSPS) is 16.6. The molecule has 1 aromatic heterocycles. The molecule has 3 rings (SSSR count). The molecule has 0 unspecified atom stereocenters. The lowest BCUT2D eigenvalue weighted by Gasteiger charge is -2.24. The zero-order chi connectivity index (χ0) is 11.0. The minimum Gasteiger partial charge on any atom is -0.330 e. The van der Waals surface area contributed by atoms with Crippen LogP contribution in [0.2, 0.25) is 0 Å². The van der Waals surface area contributed by atoms with Crippen molar-refractivity contribution in [1.29, 1.82) is 0 Å². The third kappa shape index (κ3) is 1.43. The van der Waals surface area contributed by atoms with Gasteiger partial charge in [0.05, 0.1) is 5.52 Å². The van der Waals surface area contributed by atoms with Crippen LogP contribution in [0.4, 0.5) is 0 Å². The molecule has 16 heavy (non-hydrogen) atoms. The quantitative estimate of drug-likeness (QED) is 0.825. The van der Waals surface area contributed by atoms with Crippen molar-refractivity contribution in [2.45, 2.75) is 31.6 Å². The van der Waals surface area contributed by atoms with Gasteiger partial charge in [-0.1, -0.05) is 24.6 Å². The predicted molar refractivity (Wildman–Crippen MR) is 65.4 cm³/mol. The molecule has 0 bridgehead atoms. The van der Waals surface area contributed by atoms with E-state index in [1.54, 1.807) is 0 Å². The van der Waals surface area contributed by atoms with Crippen molar-refractivity contribution < 1.29 is 0 Å². The zero-order valence-electron chi connectivity index (χ0n) is 9.37. The third-order valence-corrected chi connectivity index (χ3v) is 3.63. The van der Waals surface area contributed by atoms with E-state index in [1.165, 1.54) is 35.9 Å². The van der Waals surface area contributed by atoms with Crippen LogP contribution in [0.15, 0.2) is 18.2 Å². The predicted octanol–water partition coefficient (Wildman–Crippen LogP) is 2.33. The number of aromatic nitrogens is 2. The number of para-hydroxylation sites is 1. The highest BCUT2D eigenvalue weighted by Crippen LogP contribution is 2.38. The molecule has 0 saturated heterocycles. The zero-order valence-corrected chi connectivity index (χ0v) is 9.37. The third-order valence-electron chi connectivity index (χ3n) is 3.63. The largest absolute Gasteiger partial charge is 0.330 e. The van der Waals surface area contributed by atoms with Gasteiger partial charge in [0, 0.05) is 17.0 Å². The molecule has 2 aromatic rings. The van der Waals surface area contributed by atoms with Crippen LogP contribution in [0.1, 0.15) is 36.4 Å². The number of hydrogen-bond acceptors (Lipinski definition) is 2. The molecule has 1 fully saturated rings. The lowest BCUT2D eigenvalue weighted by Crippen LogP contribution is -2.09. The molecule has 0 aliphatic heterocycles. The fourth-order valence-electron chi connectivity index (χ4n) is 2.48. The van der Waals surface area contributed by atoms with Gasteiger partial charge in [-0.05, 0) is 31.4 Å². The van der Waals surface area contributed by atoms with Crippen LogP contribution in [-0.4, -0.2) is 16.7 Å². The van der Waals surface area contributed by atoms with E-state index in [1.807, 2.05) is 0 Å². The molecule has 3 heteroatoms. The summed E-state index contributed by atoms with van der Waals surface area (Å²) in [5, 5.41) is 8.98. The van der Waals surface area contributed by atoms with Crippen molar-refractivity contribution >= 4 is 10.9 Å². The Labute approximate surface area is 95.0 Å². The van der Waals surface area contributed by atoms with Crippen LogP contribution in [0, 0.1) is 0 Å². The molecular formula is C13H17N3. The van der Waals surface area contributed by atoms with E-state index in [9.17, 15) is 0 Å². The van der Waals surface area contributed by atoms with Gasteiger partial charge in [0.1, 0.15) is 0 Å². The minimum atomic E-state index is 0.685. The Kier molecular flexibility index (Phi) is 2.40. The molecule has 3 N–H and O–H groups in total. The van der Waals surface area contributed by atoms with Gasteiger partial charge in [-0.2, -0.15) is 5.10 Å². The van der Waals surface area contributed by atoms with Gasteiger partial charge in [0.2, 0.25) is 0 Å². The molecule has 1 saturated carbocycles. The van der Waals surface area contributed by atoms with Crippen molar-refractivity contribution in [2.75, 3.05) is 6.54 Å². The van der Waals surface area contributed by atoms with Crippen LogP contribution in [-0.2, 0) is 6.42 Å². The number of H-pyrrole nitrogens is 1. The standard InChI is InChI=1S/C13H17N3/c14-8-7-10-5-2-6-11-12(9-3-1-4-9)15-16-13(10)11/h2,5-6,9H,1,3-4,7-8,14H2,(H,15,16). The van der Waals surface area contributed by atoms with Gasteiger partial charge in [-0.25, -0.2) is 0 Å². The van der Waals surface area contributed by atoms with Gasteiger partial charge < -0.3 is 5.73 Å². The van der Waals surface area contributed by atoms with Crippen molar-refractivity contribution in [2.24, 2.45) is 5.73 Å². The Morgan fingerprint density at radius 3 is 2.94 bits per heavy atom. The lowest BCUT2D eigenvalue weighted by atomic mass is 9.82. The van der Waals surface area contributed by atoms with Gasteiger partial charge in [-0.15, -0.1) is 0 Å². The number of nitrogens with zero attached hydrogens (tertiary/aromatic N) is 1. The topological polar surface area (TPSA) is 54.7 Å². The minimum absolute atomic E-state index is 0.685. The number of hydrogen-bond donors (Lipinski definition) is 2. The number of aromatic amines is 1. The van der Waals surface area contributed by atoms with Crippen molar-refractivity contribution in [3.8, 4) is 0 Å². The van der Waals surface area contributed by atoms with Crippen LogP contribution >= 0.6 is 0 Å². The maximum absolute atomic E-state index is 5.62. The second-order valence-electron chi connectivity index (χ2n) is 4.62. The molecule has 0 radical (unpaired) electrons. The summed E-state index contributed by atoms with van der Waals surface area (Å²) in [6, 6.07) is 6.41.